The first-order valence-corrected chi connectivity index (χ1v) is 8.88. The first-order chi connectivity index (χ1) is 12.6. The maximum atomic E-state index is 11.3. The van der Waals surface area contributed by atoms with Crippen LogP contribution in [0.25, 0.3) is 0 Å². The minimum Gasteiger partial charge on any atom is -0.467 e. The molecule has 1 fully saturated rings. The van der Waals surface area contributed by atoms with Gasteiger partial charge in [-0.2, -0.15) is 0 Å². The summed E-state index contributed by atoms with van der Waals surface area (Å²) in [4.78, 5) is 24.0. The molecule has 1 aliphatic heterocycles. The molecule has 9 nitrogen and oxygen atoms in total. The van der Waals surface area contributed by atoms with Crippen molar-refractivity contribution in [1.82, 2.24) is 4.90 Å². The molecule has 1 heterocycles. The van der Waals surface area contributed by atoms with Gasteiger partial charge in [0.2, 0.25) is 5.91 Å². The molecule has 1 aliphatic rings. The topological polar surface area (TPSA) is 115 Å². The van der Waals surface area contributed by atoms with Crippen molar-refractivity contribution in [2.45, 2.75) is 32.2 Å². The van der Waals surface area contributed by atoms with Gasteiger partial charge in [0.1, 0.15) is 6.04 Å². The van der Waals surface area contributed by atoms with E-state index in [-0.39, 0.29) is 31.1 Å². The van der Waals surface area contributed by atoms with Gasteiger partial charge < -0.3 is 34.1 Å². The Hall–Kier alpha value is -1.26. The highest BCUT2D eigenvalue weighted by atomic mass is 16.5. The number of aliphatic hydroxyl groups excluding tert-OH is 2. The number of rotatable bonds is 11. The number of esters is 1. The molecule has 0 radical (unpaired) electrons. The summed E-state index contributed by atoms with van der Waals surface area (Å²) in [5.41, 5.74) is 0. The normalized spacial score (nSPS) is 16.6. The maximum Gasteiger partial charge on any atom is 0.328 e. The van der Waals surface area contributed by atoms with E-state index in [1.807, 2.05) is 0 Å². The Morgan fingerprint density at radius 1 is 0.923 bits per heavy atom. The maximum absolute atomic E-state index is 11.3. The minimum atomic E-state index is -0.351. The molecule has 0 bridgehead atoms. The molecule has 154 valence electrons. The van der Waals surface area contributed by atoms with Crippen LogP contribution < -0.4 is 0 Å². The fourth-order valence-electron chi connectivity index (χ4n) is 2.36. The van der Waals surface area contributed by atoms with Crippen molar-refractivity contribution in [2.75, 3.05) is 66.5 Å². The average molecular weight is 379 g/mol. The molecule has 0 aromatic rings. The van der Waals surface area contributed by atoms with E-state index in [0.29, 0.717) is 46.2 Å². The molecule has 1 rings (SSSR count). The van der Waals surface area contributed by atoms with Gasteiger partial charge in [-0.25, -0.2) is 4.79 Å². The fourth-order valence-corrected chi connectivity index (χ4v) is 2.36. The summed E-state index contributed by atoms with van der Waals surface area (Å²) in [6.07, 6.45) is 2.70. The van der Waals surface area contributed by atoms with Crippen LogP contribution in [0.1, 0.15) is 26.2 Å². The Morgan fingerprint density at radius 3 is 1.85 bits per heavy atom. The SMILES string of the molecule is COC(=O)C1CCCCN1C(C)=O.OCCOCCOCCOCCO. The van der Waals surface area contributed by atoms with Crippen molar-refractivity contribution in [3.63, 3.8) is 0 Å². The number of ether oxygens (including phenoxy) is 4. The molecular weight excluding hydrogens is 346 g/mol. The Kier molecular flexibility index (Phi) is 16.3. The van der Waals surface area contributed by atoms with Crippen molar-refractivity contribution in [1.29, 1.82) is 0 Å². The number of aliphatic hydroxyl groups is 2. The van der Waals surface area contributed by atoms with E-state index in [4.69, 9.17) is 24.4 Å². The van der Waals surface area contributed by atoms with E-state index in [0.717, 1.165) is 19.3 Å². The lowest BCUT2D eigenvalue weighted by molar-refractivity contribution is -0.153. The van der Waals surface area contributed by atoms with Crippen LogP contribution in [0, 0.1) is 0 Å². The van der Waals surface area contributed by atoms with Crippen molar-refractivity contribution in [3.05, 3.63) is 0 Å². The molecule has 0 aliphatic carbocycles. The van der Waals surface area contributed by atoms with Gasteiger partial charge in [-0.1, -0.05) is 0 Å². The van der Waals surface area contributed by atoms with E-state index in [1.165, 1.54) is 14.0 Å². The Bertz CT molecular complexity index is 357. The third kappa shape index (κ3) is 12.2. The van der Waals surface area contributed by atoms with Gasteiger partial charge in [-0.05, 0) is 19.3 Å². The number of hydrogen-bond acceptors (Lipinski definition) is 8. The van der Waals surface area contributed by atoms with Crippen molar-refractivity contribution in [3.8, 4) is 0 Å². The van der Waals surface area contributed by atoms with Crippen LogP contribution in [-0.4, -0.2) is 99.5 Å². The second-order valence-corrected chi connectivity index (χ2v) is 5.53. The summed E-state index contributed by atoms with van der Waals surface area (Å²) < 4.78 is 19.7. The standard InChI is InChI=1S/C9H15NO3.C8H18O5/c1-7(11)10-6-4-3-5-8(10)9(12)13-2;9-1-3-11-5-7-13-8-6-12-4-2-10/h8H,3-6H2,1-2H3;9-10H,1-8H2. The van der Waals surface area contributed by atoms with Gasteiger partial charge in [0.15, 0.2) is 0 Å². The van der Waals surface area contributed by atoms with Crippen LogP contribution in [-0.2, 0) is 28.5 Å². The van der Waals surface area contributed by atoms with Crippen molar-refractivity contribution < 1.29 is 38.7 Å². The first kappa shape index (κ1) is 24.7. The van der Waals surface area contributed by atoms with Gasteiger partial charge in [-0.15, -0.1) is 0 Å². The third-order valence-electron chi connectivity index (χ3n) is 3.60. The molecule has 1 amide bonds. The zero-order valence-electron chi connectivity index (χ0n) is 15.9. The molecular formula is C17H33NO8. The number of carbonyl (C=O) groups excluding carboxylic acids is 2. The monoisotopic (exact) mass is 379 g/mol. The van der Waals surface area contributed by atoms with Crippen LogP contribution >= 0.6 is 0 Å². The van der Waals surface area contributed by atoms with E-state index >= 15 is 0 Å². The van der Waals surface area contributed by atoms with E-state index in [2.05, 4.69) is 4.74 Å². The number of piperidine rings is 1. The number of methoxy groups -OCH3 is 1. The Balaban J connectivity index is 0.000000481. The zero-order chi connectivity index (χ0) is 19.6. The Labute approximate surface area is 155 Å². The molecule has 1 unspecified atom stereocenters. The minimum absolute atomic E-state index is 0.0413. The lowest BCUT2D eigenvalue weighted by Gasteiger charge is -2.32. The molecule has 26 heavy (non-hydrogen) atoms. The van der Waals surface area contributed by atoms with Gasteiger partial charge in [-0.3, -0.25) is 4.79 Å². The number of amides is 1. The number of likely N-dealkylation sites (tertiary alicyclic amines) is 1. The predicted octanol–water partition coefficient (Wildman–Crippen LogP) is -0.419. The second-order valence-electron chi connectivity index (χ2n) is 5.53. The molecule has 0 aromatic carbocycles. The van der Waals surface area contributed by atoms with E-state index < -0.39 is 0 Å². The van der Waals surface area contributed by atoms with Crippen LogP contribution in [0.2, 0.25) is 0 Å². The van der Waals surface area contributed by atoms with Crippen LogP contribution in [0.15, 0.2) is 0 Å². The summed E-state index contributed by atoms with van der Waals surface area (Å²) >= 11 is 0. The molecule has 0 aromatic heterocycles. The Morgan fingerprint density at radius 2 is 1.42 bits per heavy atom. The number of hydrogen-bond donors (Lipinski definition) is 2. The second kappa shape index (κ2) is 17.2. The summed E-state index contributed by atoms with van der Waals surface area (Å²) in [5.74, 6) is -0.343. The van der Waals surface area contributed by atoms with Crippen molar-refractivity contribution >= 4 is 11.9 Å². The average Bonchev–Trinajstić information content (AvgIpc) is 2.66. The summed E-state index contributed by atoms with van der Waals surface area (Å²) in [7, 11) is 1.36. The summed E-state index contributed by atoms with van der Waals surface area (Å²) in [6.45, 7) is 4.93. The molecule has 9 heteroatoms. The lowest BCUT2D eigenvalue weighted by Crippen LogP contribution is -2.47. The zero-order valence-corrected chi connectivity index (χ0v) is 15.9. The largest absolute Gasteiger partial charge is 0.467 e. The smallest absolute Gasteiger partial charge is 0.328 e. The molecule has 0 spiro atoms. The lowest BCUT2D eigenvalue weighted by atomic mass is 10.0. The van der Waals surface area contributed by atoms with Crippen LogP contribution in [0.4, 0.5) is 0 Å². The van der Waals surface area contributed by atoms with Gasteiger partial charge in [0, 0.05) is 13.5 Å². The van der Waals surface area contributed by atoms with Crippen LogP contribution in [0.3, 0.4) is 0 Å². The summed E-state index contributed by atoms with van der Waals surface area (Å²) in [5, 5.41) is 16.7. The molecule has 1 saturated heterocycles. The molecule has 1 atom stereocenters. The van der Waals surface area contributed by atoms with E-state index in [1.54, 1.807) is 4.90 Å². The first-order valence-electron chi connectivity index (χ1n) is 8.88. The van der Waals surface area contributed by atoms with Gasteiger partial charge in [0.25, 0.3) is 0 Å². The van der Waals surface area contributed by atoms with E-state index in [9.17, 15) is 9.59 Å². The highest BCUT2D eigenvalue weighted by Gasteiger charge is 2.30. The quantitative estimate of drug-likeness (QED) is 0.367. The third-order valence-corrected chi connectivity index (χ3v) is 3.60. The van der Waals surface area contributed by atoms with Gasteiger partial charge >= 0.3 is 5.97 Å². The molecule has 0 saturated carbocycles. The van der Waals surface area contributed by atoms with Crippen molar-refractivity contribution in [2.24, 2.45) is 0 Å². The van der Waals surface area contributed by atoms with Gasteiger partial charge in [0.05, 0.1) is 60.0 Å². The number of nitrogens with zero attached hydrogens (tertiary/aromatic N) is 1. The highest BCUT2D eigenvalue weighted by Crippen LogP contribution is 2.17. The van der Waals surface area contributed by atoms with Crippen LogP contribution in [0.5, 0.6) is 0 Å². The number of carbonyl (C=O) groups is 2. The fraction of sp³-hybridized carbons (Fsp3) is 0.882. The summed E-state index contributed by atoms with van der Waals surface area (Å²) in [6, 6.07) is -0.351. The molecule has 2 N–H and O–H groups in total. The predicted molar refractivity (Wildman–Crippen MR) is 93.7 cm³/mol. The highest BCUT2D eigenvalue weighted by molar-refractivity contribution is 5.83.